The smallest absolute Gasteiger partial charge is 0.424 e. The van der Waals surface area contributed by atoms with E-state index in [-0.39, 0.29) is 32.0 Å². The van der Waals surface area contributed by atoms with Gasteiger partial charge in [-0.15, -0.1) is 0 Å². The van der Waals surface area contributed by atoms with Gasteiger partial charge in [0.15, 0.2) is 5.78 Å². The Hall–Kier alpha value is -1.92. The van der Waals surface area contributed by atoms with Crippen LogP contribution >= 0.6 is 0 Å². The molecule has 1 aromatic rings. The maximum atomic E-state index is 12.6. The second-order valence-corrected chi connectivity index (χ2v) is 5.47. The van der Waals surface area contributed by atoms with Crippen molar-refractivity contribution >= 4 is 11.9 Å². The molecule has 2 rings (SSSR count). The van der Waals surface area contributed by atoms with Crippen molar-refractivity contribution in [3.8, 4) is 0 Å². The minimum absolute atomic E-state index is 0.0351. The van der Waals surface area contributed by atoms with E-state index >= 15 is 0 Å². The van der Waals surface area contributed by atoms with Gasteiger partial charge in [-0.2, -0.15) is 0 Å². The minimum Gasteiger partial charge on any atom is -0.449 e. The number of carbonyl (C=O) groups excluding carboxylic acids is 2. The summed E-state index contributed by atoms with van der Waals surface area (Å²) >= 11 is 0. The highest BCUT2D eigenvalue weighted by Gasteiger charge is 2.31. The van der Waals surface area contributed by atoms with Gasteiger partial charge in [0.1, 0.15) is 0 Å². The van der Waals surface area contributed by atoms with E-state index in [4.69, 9.17) is 4.74 Å². The number of amides is 1. The van der Waals surface area contributed by atoms with Gasteiger partial charge in [-0.25, -0.2) is 15.2 Å². The Morgan fingerprint density at radius 1 is 1.20 bits per heavy atom. The second kappa shape index (κ2) is 10.2. The number of hydrogen-bond acceptors (Lipinski definition) is 5. The zero-order valence-corrected chi connectivity index (χ0v) is 14.2. The summed E-state index contributed by atoms with van der Waals surface area (Å²) in [5.41, 5.74) is 3.64. The molecule has 25 heavy (non-hydrogen) atoms. The topological polar surface area (TPSA) is 78.9 Å². The zero-order chi connectivity index (χ0) is 18.1. The van der Waals surface area contributed by atoms with Crippen molar-refractivity contribution in [2.45, 2.75) is 19.4 Å². The third-order valence-corrected chi connectivity index (χ3v) is 3.70. The van der Waals surface area contributed by atoms with E-state index in [0.717, 1.165) is 5.92 Å². The number of Topliss-reactive ketones (excluding diaryl/α,β-unsaturated/α-hetero) is 1. The Morgan fingerprint density at radius 3 is 2.48 bits per heavy atom. The normalized spacial score (nSPS) is 15.8. The molecule has 1 fully saturated rings. The third-order valence-electron chi connectivity index (χ3n) is 3.70. The summed E-state index contributed by atoms with van der Waals surface area (Å²) in [4.78, 5) is 24.6. The van der Waals surface area contributed by atoms with Crippen molar-refractivity contribution in [1.82, 2.24) is 10.4 Å². The van der Waals surface area contributed by atoms with Gasteiger partial charge in [0, 0.05) is 23.9 Å². The standard InChI is InChI=1S/C19H23N2O4/c1-2-25-19(24)21(12-13-22)20-17(15-8-6-7-9-15)14-18(23)16-10-4-3-5-11-16/h3-11,17,20,22H,2,12-14H2,1H3. The van der Waals surface area contributed by atoms with Gasteiger partial charge < -0.3 is 9.84 Å². The van der Waals surface area contributed by atoms with Crippen molar-refractivity contribution in [3.63, 3.8) is 0 Å². The summed E-state index contributed by atoms with van der Waals surface area (Å²) in [5, 5.41) is 10.4. The molecule has 1 atom stereocenters. The van der Waals surface area contributed by atoms with Gasteiger partial charge in [0.2, 0.25) is 0 Å². The predicted molar refractivity (Wildman–Crippen MR) is 93.6 cm³/mol. The molecule has 1 saturated carbocycles. The van der Waals surface area contributed by atoms with Crippen LogP contribution in [0.25, 0.3) is 0 Å². The van der Waals surface area contributed by atoms with Crippen molar-refractivity contribution in [3.05, 3.63) is 67.5 Å². The Labute approximate surface area is 149 Å². The molecule has 5 radical (unpaired) electrons. The molecule has 133 valence electrons. The third kappa shape index (κ3) is 5.83. The lowest BCUT2D eigenvalue weighted by molar-refractivity contribution is 0.0667. The molecule has 6 nitrogen and oxygen atoms in total. The number of nitrogens with one attached hydrogen (secondary N) is 1. The molecule has 1 aliphatic rings. The van der Waals surface area contributed by atoms with E-state index in [1.165, 1.54) is 5.01 Å². The van der Waals surface area contributed by atoms with E-state index in [0.29, 0.717) is 5.56 Å². The van der Waals surface area contributed by atoms with Gasteiger partial charge in [-0.3, -0.25) is 4.79 Å². The van der Waals surface area contributed by atoms with Gasteiger partial charge in [-0.1, -0.05) is 30.3 Å². The molecule has 0 saturated heterocycles. The number of rotatable bonds is 9. The van der Waals surface area contributed by atoms with Crippen LogP contribution in [0.15, 0.2) is 30.3 Å². The van der Waals surface area contributed by atoms with Crippen LogP contribution < -0.4 is 5.43 Å². The number of ketones is 1. The maximum absolute atomic E-state index is 12.6. The van der Waals surface area contributed by atoms with Crippen LogP contribution in [-0.2, 0) is 4.74 Å². The second-order valence-electron chi connectivity index (χ2n) is 5.47. The SMILES string of the molecule is CCOC(=O)N(CCO)NC(CC(=O)c1ccccc1)[C]1[CH][CH][CH][CH]1. The van der Waals surface area contributed by atoms with Crippen LogP contribution in [0.4, 0.5) is 4.79 Å². The number of hydrogen-bond donors (Lipinski definition) is 2. The lowest BCUT2D eigenvalue weighted by Crippen LogP contribution is -2.52. The van der Waals surface area contributed by atoms with E-state index in [1.807, 2.05) is 43.9 Å². The van der Waals surface area contributed by atoms with Gasteiger partial charge in [0.25, 0.3) is 0 Å². The molecule has 0 heterocycles. The van der Waals surface area contributed by atoms with Crippen LogP contribution in [0.5, 0.6) is 0 Å². The number of carbonyl (C=O) groups is 2. The highest BCUT2D eigenvalue weighted by molar-refractivity contribution is 5.96. The van der Waals surface area contributed by atoms with Crippen molar-refractivity contribution in [1.29, 1.82) is 0 Å². The fourth-order valence-electron chi connectivity index (χ4n) is 2.48. The van der Waals surface area contributed by atoms with E-state index in [2.05, 4.69) is 5.43 Å². The Bertz CT molecular complexity index is 544. The molecule has 6 heteroatoms. The summed E-state index contributed by atoms with van der Waals surface area (Å²) < 4.78 is 4.99. The first-order valence-electron chi connectivity index (χ1n) is 8.27. The zero-order valence-electron chi connectivity index (χ0n) is 14.2. The molecule has 0 bridgehead atoms. The Kier molecular flexibility index (Phi) is 7.88. The lowest BCUT2D eigenvalue weighted by Gasteiger charge is -2.30. The fourth-order valence-corrected chi connectivity index (χ4v) is 2.48. The molecule has 1 aromatic carbocycles. The summed E-state index contributed by atoms with van der Waals surface area (Å²) in [6.07, 6.45) is 7.11. The first-order valence-corrected chi connectivity index (χ1v) is 8.27. The number of ether oxygens (including phenoxy) is 1. The first-order chi connectivity index (χ1) is 12.2. The molecule has 0 aromatic heterocycles. The monoisotopic (exact) mass is 343 g/mol. The van der Waals surface area contributed by atoms with Crippen LogP contribution in [-0.4, -0.2) is 47.8 Å². The molecular weight excluding hydrogens is 320 g/mol. The molecule has 2 N–H and O–H groups in total. The van der Waals surface area contributed by atoms with E-state index < -0.39 is 12.1 Å². The average Bonchev–Trinajstić information content (AvgIpc) is 3.16. The molecule has 0 spiro atoms. The Morgan fingerprint density at radius 2 is 1.88 bits per heavy atom. The predicted octanol–water partition coefficient (Wildman–Crippen LogP) is 1.99. The number of aliphatic hydroxyl groups is 1. The van der Waals surface area contributed by atoms with Crippen molar-refractivity contribution < 1.29 is 19.4 Å². The molecule has 1 unspecified atom stereocenters. The molecule has 1 amide bonds. The number of hydrazine groups is 1. The van der Waals surface area contributed by atoms with Gasteiger partial charge >= 0.3 is 6.09 Å². The highest BCUT2D eigenvalue weighted by atomic mass is 16.6. The quantitative estimate of drug-likeness (QED) is 0.529. The largest absolute Gasteiger partial charge is 0.449 e. The molecule has 1 aliphatic carbocycles. The average molecular weight is 343 g/mol. The van der Waals surface area contributed by atoms with E-state index in [9.17, 15) is 14.7 Å². The lowest BCUT2D eigenvalue weighted by atomic mass is 9.92. The summed E-state index contributed by atoms with van der Waals surface area (Å²) in [6, 6.07) is 8.61. The first kappa shape index (κ1) is 19.4. The van der Waals surface area contributed by atoms with Crippen LogP contribution in [0.3, 0.4) is 0 Å². The number of nitrogens with zero attached hydrogens (tertiary/aromatic N) is 1. The minimum atomic E-state index is -0.583. The molecule has 0 aliphatic heterocycles. The van der Waals surface area contributed by atoms with Crippen LogP contribution in [0.1, 0.15) is 23.7 Å². The summed E-state index contributed by atoms with van der Waals surface area (Å²) in [5.74, 6) is 0.851. The fraction of sp³-hybridized carbons (Fsp3) is 0.316. The summed E-state index contributed by atoms with van der Waals surface area (Å²) in [6.45, 7) is 1.79. The summed E-state index contributed by atoms with van der Waals surface area (Å²) in [7, 11) is 0. The van der Waals surface area contributed by atoms with Crippen molar-refractivity contribution in [2.75, 3.05) is 19.8 Å². The van der Waals surface area contributed by atoms with Gasteiger partial charge in [-0.05, 0) is 32.6 Å². The number of benzene rings is 1. The molecular formula is C19H23N2O4. The highest BCUT2D eigenvalue weighted by Crippen LogP contribution is 2.29. The van der Waals surface area contributed by atoms with Gasteiger partial charge in [0.05, 0.1) is 19.8 Å². The number of aliphatic hydroxyl groups excluding tert-OH is 1. The van der Waals surface area contributed by atoms with Crippen LogP contribution in [0.2, 0.25) is 0 Å². The van der Waals surface area contributed by atoms with Crippen molar-refractivity contribution in [2.24, 2.45) is 0 Å². The maximum Gasteiger partial charge on any atom is 0.424 e. The Balaban J connectivity index is 2.08. The van der Waals surface area contributed by atoms with Crippen LogP contribution in [0, 0.1) is 31.6 Å². The van der Waals surface area contributed by atoms with E-state index in [1.54, 1.807) is 19.1 Å².